The van der Waals surface area contributed by atoms with Crippen molar-refractivity contribution >= 4 is 48.9 Å². The zero-order valence-electron chi connectivity index (χ0n) is 14.1. The molecule has 0 atom stereocenters. The molecule has 0 aliphatic heterocycles. The SMILES string of the molecule is Cc1sc(S(=O)(=O)NC(C)(C)C)cc1C(=O)Nc1ccc(F)c(Br)c1. The van der Waals surface area contributed by atoms with Gasteiger partial charge in [-0.05, 0) is 67.9 Å². The van der Waals surface area contributed by atoms with Gasteiger partial charge in [0.25, 0.3) is 15.9 Å². The fourth-order valence-corrected chi connectivity index (χ4v) is 5.28. The van der Waals surface area contributed by atoms with Crippen LogP contribution in [0.1, 0.15) is 36.0 Å². The number of aryl methyl sites for hydroxylation is 1. The summed E-state index contributed by atoms with van der Waals surface area (Å²) in [5, 5.41) is 2.64. The predicted molar refractivity (Wildman–Crippen MR) is 101 cm³/mol. The van der Waals surface area contributed by atoms with Gasteiger partial charge in [0.1, 0.15) is 10.0 Å². The molecule has 1 aromatic carbocycles. The van der Waals surface area contributed by atoms with Crippen molar-refractivity contribution in [3.8, 4) is 0 Å². The highest BCUT2D eigenvalue weighted by Gasteiger charge is 2.26. The molecule has 1 amide bonds. The number of benzene rings is 1. The van der Waals surface area contributed by atoms with E-state index in [1.54, 1.807) is 27.7 Å². The first-order valence-corrected chi connectivity index (χ1v) is 10.4. The molecule has 5 nitrogen and oxygen atoms in total. The van der Waals surface area contributed by atoms with E-state index in [-0.39, 0.29) is 14.2 Å². The van der Waals surface area contributed by atoms with Gasteiger partial charge in [-0.3, -0.25) is 4.79 Å². The zero-order chi connectivity index (χ0) is 19.0. The number of thiophene rings is 1. The topological polar surface area (TPSA) is 75.3 Å². The quantitative estimate of drug-likeness (QED) is 0.732. The molecular weight excluding hydrogens is 431 g/mol. The third kappa shape index (κ3) is 5.10. The van der Waals surface area contributed by atoms with Gasteiger partial charge in [0.2, 0.25) is 0 Å². The molecule has 0 aliphatic carbocycles. The summed E-state index contributed by atoms with van der Waals surface area (Å²) in [6, 6.07) is 5.44. The lowest BCUT2D eigenvalue weighted by atomic mass is 10.1. The molecular formula is C16H18BrFN2O3S2. The van der Waals surface area contributed by atoms with E-state index in [1.807, 2.05) is 0 Å². The number of carbonyl (C=O) groups excluding carboxylic acids is 1. The maximum atomic E-state index is 13.3. The maximum Gasteiger partial charge on any atom is 0.256 e. The van der Waals surface area contributed by atoms with Gasteiger partial charge < -0.3 is 5.32 Å². The summed E-state index contributed by atoms with van der Waals surface area (Å²) >= 11 is 4.08. The van der Waals surface area contributed by atoms with Crippen LogP contribution in [-0.2, 0) is 10.0 Å². The van der Waals surface area contributed by atoms with Gasteiger partial charge in [0.15, 0.2) is 0 Å². The van der Waals surface area contributed by atoms with Gasteiger partial charge in [0, 0.05) is 16.1 Å². The molecule has 0 unspecified atom stereocenters. The number of hydrogen-bond donors (Lipinski definition) is 2. The number of anilines is 1. The second-order valence-electron chi connectivity index (χ2n) is 6.47. The van der Waals surface area contributed by atoms with E-state index in [1.165, 1.54) is 24.3 Å². The van der Waals surface area contributed by atoms with Gasteiger partial charge in [-0.2, -0.15) is 0 Å². The average molecular weight is 449 g/mol. The Morgan fingerprint density at radius 1 is 1.24 bits per heavy atom. The van der Waals surface area contributed by atoms with Crippen LogP contribution in [-0.4, -0.2) is 19.9 Å². The minimum atomic E-state index is -3.71. The molecule has 0 aliphatic rings. The van der Waals surface area contributed by atoms with Crippen LogP contribution >= 0.6 is 27.3 Å². The molecule has 2 rings (SSSR count). The fraction of sp³-hybridized carbons (Fsp3) is 0.312. The second-order valence-corrected chi connectivity index (χ2v) is 10.5. The van der Waals surface area contributed by atoms with E-state index in [9.17, 15) is 17.6 Å². The van der Waals surface area contributed by atoms with Gasteiger partial charge in [-0.1, -0.05) is 0 Å². The Labute approximate surface area is 158 Å². The van der Waals surface area contributed by atoms with Crippen LogP contribution in [0, 0.1) is 12.7 Å². The standard InChI is InChI=1S/C16H18BrFN2O3S2/c1-9-11(8-14(24-9)25(22,23)20-16(2,3)4)15(21)19-10-5-6-13(18)12(17)7-10/h5-8,20H,1-4H3,(H,19,21). The van der Waals surface area contributed by atoms with E-state index >= 15 is 0 Å². The summed E-state index contributed by atoms with van der Waals surface area (Å²) in [5.41, 5.74) is 0.0420. The molecule has 0 fully saturated rings. The van der Waals surface area contributed by atoms with Crippen LogP contribution < -0.4 is 10.0 Å². The van der Waals surface area contributed by atoms with E-state index in [0.717, 1.165) is 11.3 Å². The van der Waals surface area contributed by atoms with Crippen LogP contribution in [0.4, 0.5) is 10.1 Å². The molecule has 2 aromatic rings. The molecule has 136 valence electrons. The number of sulfonamides is 1. The monoisotopic (exact) mass is 448 g/mol. The van der Waals surface area contributed by atoms with Crippen LogP contribution in [0.2, 0.25) is 0 Å². The predicted octanol–water partition coefficient (Wildman–Crippen LogP) is 4.29. The molecule has 1 heterocycles. The van der Waals surface area contributed by atoms with E-state index < -0.39 is 27.3 Å². The molecule has 2 N–H and O–H groups in total. The summed E-state index contributed by atoms with van der Waals surface area (Å²) in [4.78, 5) is 13.0. The maximum absolute atomic E-state index is 13.3. The molecule has 9 heteroatoms. The minimum absolute atomic E-state index is 0.0744. The number of carbonyl (C=O) groups is 1. The average Bonchev–Trinajstić information content (AvgIpc) is 2.83. The van der Waals surface area contributed by atoms with Crippen molar-refractivity contribution in [2.24, 2.45) is 0 Å². The van der Waals surface area contributed by atoms with Gasteiger partial charge in [-0.25, -0.2) is 17.5 Å². The van der Waals surface area contributed by atoms with Crippen LogP contribution in [0.3, 0.4) is 0 Å². The molecule has 0 bridgehead atoms. The normalized spacial score (nSPS) is 12.2. The molecule has 0 saturated carbocycles. The van der Waals surface area contributed by atoms with E-state index in [2.05, 4.69) is 26.0 Å². The van der Waals surface area contributed by atoms with Crippen molar-refractivity contribution in [3.05, 3.63) is 45.0 Å². The van der Waals surface area contributed by atoms with Crippen molar-refractivity contribution in [1.29, 1.82) is 0 Å². The Morgan fingerprint density at radius 3 is 2.44 bits per heavy atom. The molecule has 25 heavy (non-hydrogen) atoms. The zero-order valence-corrected chi connectivity index (χ0v) is 17.3. The molecule has 0 spiro atoms. The van der Waals surface area contributed by atoms with Gasteiger partial charge >= 0.3 is 0 Å². The highest BCUT2D eigenvalue weighted by Crippen LogP contribution is 2.28. The largest absolute Gasteiger partial charge is 0.322 e. The third-order valence-electron chi connectivity index (χ3n) is 3.02. The minimum Gasteiger partial charge on any atom is -0.322 e. The van der Waals surface area contributed by atoms with Gasteiger partial charge in [0.05, 0.1) is 10.0 Å². The van der Waals surface area contributed by atoms with Crippen LogP contribution in [0.25, 0.3) is 0 Å². The lowest BCUT2D eigenvalue weighted by molar-refractivity contribution is 0.102. The number of halogens is 2. The van der Waals surface area contributed by atoms with E-state index in [0.29, 0.717) is 10.6 Å². The van der Waals surface area contributed by atoms with Crippen LogP contribution in [0.15, 0.2) is 32.9 Å². The van der Waals surface area contributed by atoms with Crippen LogP contribution in [0.5, 0.6) is 0 Å². The highest BCUT2D eigenvalue weighted by molar-refractivity contribution is 9.10. The first kappa shape index (κ1) is 20.0. The fourth-order valence-electron chi connectivity index (χ4n) is 2.04. The Morgan fingerprint density at radius 2 is 1.88 bits per heavy atom. The second kappa shape index (κ2) is 7.14. The van der Waals surface area contributed by atoms with Crippen molar-refractivity contribution in [2.45, 2.75) is 37.4 Å². The Balaban J connectivity index is 2.27. The number of nitrogens with one attached hydrogen (secondary N) is 2. The van der Waals surface area contributed by atoms with Crippen molar-refractivity contribution in [3.63, 3.8) is 0 Å². The number of amides is 1. The Kier molecular flexibility index (Phi) is 5.72. The first-order valence-electron chi connectivity index (χ1n) is 7.30. The van der Waals surface area contributed by atoms with Crippen molar-refractivity contribution in [1.82, 2.24) is 4.72 Å². The third-order valence-corrected chi connectivity index (χ3v) is 6.91. The molecule has 0 saturated heterocycles. The van der Waals surface area contributed by atoms with Crippen molar-refractivity contribution < 1.29 is 17.6 Å². The summed E-state index contributed by atoms with van der Waals surface area (Å²) in [6.45, 7) is 6.90. The summed E-state index contributed by atoms with van der Waals surface area (Å²) in [6.07, 6.45) is 0. The lowest BCUT2D eigenvalue weighted by Gasteiger charge is -2.19. The van der Waals surface area contributed by atoms with E-state index in [4.69, 9.17) is 0 Å². The van der Waals surface area contributed by atoms with Crippen molar-refractivity contribution in [2.75, 3.05) is 5.32 Å². The number of rotatable bonds is 4. The first-order chi connectivity index (χ1) is 11.4. The Hall–Kier alpha value is -1.29. The van der Waals surface area contributed by atoms with Gasteiger partial charge in [-0.15, -0.1) is 11.3 Å². The number of hydrogen-bond acceptors (Lipinski definition) is 4. The lowest BCUT2D eigenvalue weighted by Crippen LogP contribution is -2.40. The molecule has 0 radical (unpaired) electrons. The molecule has 1 aromatic heterocycles. The summed E-state index contributed by atoms with van der Waals surface area (Å²) in [7, 11) is -3.71. The summed E-state index contributed by atoms with van der Waals surface area (Å²) in [5.74, 6) is -0.893. The smallest absolute Gasteiger partial charge is 0.256 e. The highest BCUT2D eigenvalue weighted by atomic mass is 79.9. The summed E-state index contributed by atoms with van der Waals surface area (Å²) < 4.78 is 40.9. The Bertz CT molecular complexity index is 918.